The Labute approximate surface area is 193 Å². The Morgan fingerprint density at radius 1 is 1.00 bits per heavy atom. The number of hydrogen-bond donors (Lipinski definition) is 1. The molecule has 2 heterocycles. The van der Waals surface area contributed by atoms with Crippen LogP contribution in [-0.4, -0.2) is 24.5 Å². The van der Waals surface area contributed by atoms with Crippen molar-refractivity contribution in [1.82, 2.24) is 24.5 Å². The number of rotatable bonds is 3. The molecule has 162 valence electrons. The average Bonchev–Trinajstić information content (AvgIpc) is 3.30. The molecule has 7 nitrogen and oxygen atoms in total. The van der Waals surface area contributed by atoms with Crippen LogP contribution < -0.4 is 5.73 Å². The lowest BCUT2D eigenvalue weighted by Crippen LogP contribution is -2.09. The minimum atomic E-state index is -4.82. The van der Waals surface area contributed by atoms with Crippen LogP contribution in [-0.2, 0) is 6.18 Å². The summed E-state index contributed by atoms with van der Waals surface area (Å²) in [5.74, 6) is -0.309. The quantitative estimate of drug-likeness (QED) is 0.399. The first kappa shape index (κ1) is 22.0. The van der Waals surface area contributed by atoms with Gasteiger partial charge in [0.2, 0.25) is 5.28 Å². The highest BCUT2D eigenvalue weighted by Crippen LogP contribution is 2.42. The summed E-state index contributed by atoms with van der Waals surface area (Å²) in [7, 11) is 0. The van der Waals surface area contributed by atoms with E-state index in [1.165, 1.54) is 47.4 Å². The van der Waals surface area contributed by atoms with Crippen LogP contribution in [0, 0.1) is 11.3 Å². The molecule has 0 saturated carbocycles. The van der Waals surface area contributed by atoms with E-state index in [0.717, 1.165) is 4.68 Å². The molecule has 0 aliphatic heterocycles. The fraction of sp³-hybridized carbons (Fsp3) is 0.0526. The molecule has 2 aromatic carbocycles. The zero-order valence-corrected chi connectivity index (χ0v) is 17.8. The third-order valence-corrected chi connectivity index (χ3v) is 5.01. The minimum Gasteiger partial charge on any atom is -0.383 e. The van der Waals surface area contributed by atoms with Crippen molar-refractivity contribution >= 4 is 40.6 Å². The minimum absolute atomic E-state index is 0.0334. The van der Waals surface area contributed by atoms with Gasteiger partial charge in [-0.2, -0.15) is 23.5 Å². The molecule has 0 bridgehead atoms. The van der Waals surface area contributed by atoms with Gasteiger partial charge in [-0.1, -0.05) is 23.2 Å². The van der Waals surface area contributed by atoms with Gasteiger partial charge in [0.15, 0.2) is 5.69 Å². The summed E-state index contributed by atoms with van der Waals surface area (Å²) in [6, 6.07) is 10.2. The van der Waals surface area contributed by atoms with Gasteiger partial charge in [0.05, 0.1) is 22.5 Å². The Kier molecular flexibility index (Phi) is 5.50. The Hall–Kier alpha value is -3.26. The van der Waals surface area contributed by atoms with Gasteiger partial charge in [-0.05, 0) is 53.6 Å². The summed E-state index contributed by atoms with van der Waals surface area (Å²) >= 11 is 17.6. The second kappa shape index (κ2) is 8.02. The zero-order chi connectivity index (χ0) is 23.2. The summed E-state index contributed by atoms with van der Waals surface area (Å²) in [4.78, 5) is 3.78. The smallest absolute Gasteiger partial charge is 0.383 e. The SMILES string of the molecule is N#Cc1cc(-n2nc(C(F)(F)F)c(-c3cc(Cl)cc(Cl)c3)c2N)ccc1-n1cnc(Cl)n1. The van der Waals surface area contributed by atoms with Gasteiger partial charge in [-0.15, -0.1) is 5.10 Å². The fourth-order valence-corrected chi connectivity index (χ4v) is 3.76. The number of anilines is 1. The number of aromatic nitrogens is 5. The Morgan fingerprint density at radius 3 is 2.25 bits per heavy atom. The Morgan fingerprint density at radius 2 is 1.69 bits per heavy atom. The molecule has 2 N–H and O–H groups in total. The van der Waals surface area contributed by atoms with Gasteiger partial charge in [-0.3, -0.25) is 0 Å². The molecule has 0 spiro atoms. The van der Waals surface area contributed by atoms with Crippen molar-refractivity contribution < 1.29 is 13.2 Å². The molecule has 32 heavy (non-hydrogen) atoms. The summed E-state index contributed by atoms with van der Waals surface area (Å²) < 4.78 is 43.5. The number of benzene rings is 2. The molecule has 4 aromatic rings. The van der Waals surface area contributed by atoms with Crippen molar-refractivity contribution in [3.63, 3.8) is 0 Å². The number of nitrogens with two attached hydrogens (primary N) is 1. The van der Waals surface area contributed by atoms with Crippen molar-refractivity contribution in [2.24, 2.45) is 0 Å². The number of alkyl halides is 3. The summed E-state index contributed by atoms with van der Waals surface area (Å²) in [6.07, 6.45) is -3.53. The lowest BCUT2D eigenvalue weighted by Gasteiger charge is -2.09. The number of halogens is 6. The number of hydrogen-bond acceptors (Lipinski definition) is 5. The Balaban J connectivity index is 1.92. The predicted octanol–water partition coefficient (Wildman–Crippen LogP) is 5.55. The van der Waals surface area contributed by atoms with Crippen LogP contribution in [0.1, 0.15) is 11.3 Å². The first-order valence-electron chi connectivity index (χ1n) is 8.62. The van der Waals surface area contributed by atoms with Gasteiger partial charge < -0.3 is 5.73 Å². The molecule has 0 atom stereocenters. The molecule has 0 saturated heterocycles. The van der Waals surface area contributed by atoms with Gasteiger partial charge in [0, 0.05) is 10.0 Å². The maximum Gasteiger partial charge on any atom is 0.435 e. The Bertz CT molecular complexity index is 1370. The van der Waals surface area contributed by atoms with E-state index >= 15 is 0 Å². The number of nitrogens with zero attached hydrogens (tertiary/aromatic N) is 6. The highest BCUT2D eigenvalue weighted by atomic mass is 35.5. The van der Waals surface area contributed by atoms with Crippen molar-refractivity contribution in [3.05, 3.63) is 69.3 Å². The predicted molar refractivity (Wildman–Crippen MR) is 113 cm³/mol. The molecule has 13 heteroatoms. The summed E-state index contributed by atoms with van der Waals surface area (Å²) in [6.45, 7) is 0. The van der Waals surface area contributed by atoms with E-state index < -0.39 is 11.9 Å². The lowest BCUT2D eigenvalue weighted by atomic mass is 10.0. The fourth-order valence-electron chi connectivity index (χ4n) is 3.11. The highest BCUT2D eigenvalue weighted by molar-refractivity contribution is 6.35. The van der Waals surface area contributed by atoms with E-state index in [9.17, 15) is 18.4 Å². The van der Waals surface area contributed by atoms with Crippen LogP contribution in [0.15, 0.2) is 42.7 Å². The second-order valence-corrected chi connectivity index (χ2v) is 7.66. The molecule has 4 rings (SSSR count). The van der Waals surface area contributed by atoms with E-state index in [1.54, 1.807) is 0 Å². The van der Waals surface area contributed by atoms with Gasteiger partial charge in [0.1, 0.15) is 18.2 Å². The van der Waals surface area contributed by atoms with Crippen molar-refractivity contribution in [1.29, 1.82) is 5.26 Å². The van der Waals surface area contributed by atoms with E-state index in [4.69, 9.17) is 40.5 Å². The zero-order valence-electron chi connectivity index (χ0n) is 15.6. The largest absolute Gasteiger partial charge is 0.435 e. The third kappa shape index (κ3) is 3.98. The standard InChI is InChI=1S/C19H9Cl3F3N7/c20-11-3-9(4-12(21)6-11)15-16(19(23,24)25)29-32(17(15)27)13-1-2-14(10(5-13)7-26)31-8-28-18(22)30-31/h1-6,8H,27H2. The molecule has 2 aromatic heterocycles. The topological polar surface area (TPSA) is 98.3 Å². The summed E-state index contributed by atoms with van der Waals surface area (Å²) in [5, 5.41) is 17.4. The van der Waals surface area contributed by atoms with Gasteiger partial charge in [0.25, 0.3) is 0 Å². The average molecular weight is 499 g/mol. The molecular formula is C19H9Cl3F3N7. The van der Waals surface area contributed by atoms with Gasteiger partial charge >= 0.3 is 6.18 Å². The molecule has 0 unspecified atom stereocenters. The molecule has 0 fully saturated rings. The van der Waals surface area contributed by atoms with Crippen LogP contribution >= 0.6 is 34.8 Å². The lowest BCUT2D eigenvalue weighted by molar-refractivity contribution is -0.140. The molecular weight excluding hydrogens is 490 g/mol. The third-order valence-electron chi connectivity index (χ3n) is 4.40. The van der Waals surface area contributed by atoms with Crippen LogP contribution in [0.3, 0.4) is 0 Å². The normalized spacial score (nSPS) is 11.5. The second-order valence-electron chi connectivity index (χ2n) is 6.45. The van der Waals surface area contributed by atoms with Crippen molar-refractivity contribution in [2.75, 3.05) is 5.73 Å². The maximum atomic E-state index is 13.8. The molecule has 0 aliphatic rings. The van der Waals surface area contributed by atoms with Crippen LogP contribution in [0.2, 0.25) is 15.3 Å². The molecule has 0 amide bonds. The van der Waals surface area contributed by atoms with E-state index in [1.807, 2.05) is 6.07 Å². The maximum absolute atomic E-state index is 13.8. The number of nitrogen functional groups attached to an aromatic ring is 1. The molecule has 0 aliphatic carbocycles. The first-order chi connectivity index (χ1) is 15.1. The van der Waals surface area contributed by atoms with E-state index in [-0.39, 0.29) is 43.5 Å². The highest BCUT2D eigenvalue weighted by Gasteiger charge is 2.39. The number of nitriles is 1. The monoisotopic (exact) mass is 497 g/mol. The van der Waals surface area contributed by atoms with E-state index in [0.29, 0.717) is 5.69 Å². The van der Waals surface area contributed by atoms with Crippen molar-refractivity contribution in [2.45, 2.75) is 6.18 Å². The van der Waals surface area contributed by atoms with Crippen LogP contribution in [0.4, 0.5) is 19.0 Å². The van der Waals surface area contributed by atoms with Crippen LogP contribution in [0.5, 0.6) is 0 Å². The van der Waals surface area contributed by atoms with Crippen molar-refractivity contribution in [3.8, 4) is 28.6 Å². The summed E-state index contributed by atoms with van der Waals surface area (Å²) in [5.41, 5.74) is 5.07. The first-order valence-corrected chi connectivity index (χ1v) is 9.76. The van der Waals surface area contributed by atoms with Gasteiger partial charge in [-0.25, -0.2) is 14.3 Å². The molecule has 0 radical (unpaired) electrons. The van der Waals surface area contributed by atoms with E-state index in [2.05, 4.69) is 15.2 Å². The van der Waals surface area contributed by atoms with Crippen LogP contribution in [0.25, 0.3) is 22.5 Å².